The molecule has 3 rings (SSSR count). The lowest BCUT2D eigenvalue weighted by Gasteiger charge is -2.36. The lowest BCUT2D eigenvalue weighted by Crippen LogP contribution is -2.48. The Morgan fingerprint density at radius 1 is 1.08 bits per heavy atom. The van der Waals surface area contributed by atoms with Crippen LogP contribution in [0.4, 0.5) is 11.4 Å². The molecule has 0 aromatic heterocycles. The van der Waals surface area contributed by atoms with Gasteiger partial charge in [0.05, 0.1) is 4.92 Å². The van der Waals surface area contributed by atoms with E-state index in [1.165, 1.54) is 44.6 Å². The average Bonchev–Trinajstić information content (AvgIpc) is 2.69. The van der Waals surface area contributed by atoms with Crippen molar-refractivity contribution >= 4 is 17.3 Å². The molecule has 1 aliphatic heterocycles. The average molecular weight is 359 g/mol. The summed E-state index contributed by atoms with van der Waals surface area (Å²) in [4.78, 5) is 27.3. The summed E-state index contributed by atoms with van der Waals surface area (Å²) in [5.41, 5.74) is 0.793. The Balaban J connectivity index is 1.44. The van der Waals surface area contributed by atoms with E-state index < -0.39 is 0 Å². The van der Waals surface area contributed by atoms with Gasteiger partial charge in [-0.05, 0) is 24.8 Å². The molecule has 6 nitrogen and oxygen atoms in total. The monoisotopic (exact) mass is 359 g/mol. The first-order valence-electron chi connectivity index (χ1n) is 9.91. The van der Waals surface area contributed by atoms with Crippen molar-refractivity contribution in [1.29, 1.82) is 0 Å². The normalized spacial score (nSPS) is 18.8. The molecule has 1 saturated carbocycles. The number of carbonyl (C=O) groups excluding carboxylic acids is 1. The molecule has 0 bridgehead atoms. The zero-order chi connectivity index (χ0) is 18.4. The van der Waals surface area contributed by atoms with E-state index in [1.807, 2.05) is 15.9 Å². The maximum atomic E-state index is 12.5. The van der Waals surface area contributed by atoms with Crippen molar-refractivity contribution in [3.05, 3.63) is 34.4 Å². The van der Waals surface area contributed by atoms with Crippen molar-refractivity contribution in [3.63, 3.8) is 0 Å². The number of para-hydroxylation sites is 2. The molecule has 6 heteroatoms. The summed E-state index contributed by atoms with van der Waals surface area (Å²) in [5.74, 6) is 1.06. The number of amides is 1. The molecule has 26 heavy (non-hydrogen) atoms. The van der Waals surface area contributed by atoms with Gasteiger partial charge in [0, 0.05) is 38.7 Å². The first-order chi connectivity index (χ1) is 12.6. The molecule has 0 unspecified atom stereocenters. The minimum Gasteiger partial charge on any atom is -0.362 e. The molecule has 1 aliphatic carbocycles. The van der Waals surface area contributed by atoms with E-state index in [2.05, 4.69) is 0 Å². The van der Waals surface area contributed by atoms with Crippen molar-refractivity contribution < 1.29 is 9.72 Å². The number of nitro benzene ring substituents is 1. The third kappa shape index (κ3) is 4.74. The molecule has 142 valence electrons. The van der Waals surface area contributed by atoms with Crippen molar-refractivity contribution in [2.45, 2.75) is 51.4 Å². The minimum atomic E-state index is -0.335. The van der Waals surface area contributed by atoms with Crippen molar-refractivity contribution in [2.75, 3.05) is 31.1 Å². The second kappa shape index (κ2) is 9.01. The predicted octanol–water partition coefficient (Wildman–Crippen LogP) is 3.99. The second-order valence-corrected chi connectivity index (χ2v) is 7.51. The van der Waals surface area contributed by atoms with E-state index in [4.69, 9.17) is 0 Å². The summed E-state index contributed by atoms with van der Waals surface area (Å²) in [7, 11) is 0. The molecule has 0 N–H and O–H groups in total. The lowest BCUT2D eigenvalue weighted by atomic mass is 9.86. The topological polar surface area (TPSA) is 66.7 Å². The number of hydrogen-bond donors (Lipinski definition) is 0. The first-order valence-corrected chi connectivity index (χ1v) is 9.91. The molecule has 2 fully saturated rings. The van der Waals surface area contributed by atoms with E-state index >= 15 is 0 Å². The van der Waals surface area contributed by atoms with Gasteiger partial charge in [-0.25, -0.2) is 0 Å². The molecule has 1 heterocycles. The second-order valence-electron chi connectivity index (χ2n) is 7.51. The van der Waals surface area contributed by atoms with Gasteiger partial charge in [-0.1, -0.05) is 44.2 Å². The van der Waals surface area contributed by atoms with Crippen molar-refractivity contribution in [2.24, 2.45) is 5.92 Å². The van der Waals surface area contributed by atoms with Crippen LogP contribution in [-0.2, 0) is 4.79 Å². The predicted molar refractivity (Wildman–Crippen MR) is 102 cm³/mol. The highest BCUT2D eigenvalue weighted by atomic mass is 16.6. The Labute approximate surface area is 155 Å². The number of nitro groups is 1. The number of hydrogen-bond acceptors (Lipinski definition) is 4. The van der Waals surface area contributed by atoms with Crippen LogP contribution >= 0.6 is 0 Å². The number of nitrogens with zero attached hydrogens (tertiary/aromatic N) is 3. The smallest absolute Gasteiger partial charge is 0.292 e. The molecule has 1 amide bonds. The number of carbonyl (C=O) groups is 1. The summed E-state index contributed by atoms with van der Waals surface area (Å²) in [5, 5.41) is 11.2. The molecule has 2 aliphatic rings. The third-order valence-corrected chi connectivity index (χ3v) is 5.78. The van der Waals surface area contributed by atoms with Gasteiger partial charge in [0.2, 0.25) is 5.91 Å². The van der Waals surface area contributed by atoms with Crippen molar-refractivity contribution in [3.8, 4) is 0 Å². The number of rotatable bonds is 6. The van der Waals surface area contributed by atoms with Crippen LogP contribution in [0, 0.1) is 16.0 Å². The summed E-state index contributed by atoms with van der Waals surface area (Å²) >= 11 is 0. The summed E-state index contributed by atoms with van der Waals surface area (Å²) in [6.07, 6.45) is 9.57. The van der Waals surface area contributed by atoms with Crippen LogP contribution in [0.2, 0.25) is 0 Å². The molecule has 0 atom stereocenters. The fourth-order valence-electron chi connectivity index (χ4n) is 4.26. The molecule has 1 aromatic rings. The third-order valence-electron chi connectivity index (χ3n) is 5.78. The van der Waals surface area contributed by atoms with Gasteiger partial charge in [0.15, 0.2) is 0 Å². The standard InChI is InChI=1S/C20H29N3O3/c24-20(12-6-9-17-7-2-1-3-8-17)22-15-13-21(14-16-22)18-10-4-5-11-19(18)23(25)26/h4-5,10-11,17H,1-3,6-9,12-16H2. The zero-order valence-electron chi connectivity index (χ0n) is 15.4. The minimum absolute atomic E-state index is 0.139. The molecule has 0 spiro atoms. The molecular weight excluding hydrogens is 330 g/mol. The van der Waals surface area contributed by atoms with E-state index in [0.717, 1.165) is 12.3 Å². The highest BCUT2D eigenvalue weighted by Crippen LogP contribution is 2.29. The Kier molecular flexibility index (Phi) is 6.47. The van der Waals surface area contributed by atoms with Crippen molar-refractivity contribution in [1.82, 2.24) is 4.90 Å². The Morgan fingerprint density at radius 3 is 2.46 bits per heavy atom. The highest BCUT2D eigenvalue weighted by molar-refractivity contribution is 5.76. The van der Waals surface area contributed by atoms with E-state index in [1.54, 1.807) is 12.1 Å². The molecule has 1 saturated heterocycles. The van der Waals surface area contributed by atoms with Crippen LogP contribution in [0.25, 0.3) is 0 Å². The highest BCUT2D eigenvalue weighted by Gasteiger charge is 2.25. The van der Waals surface area contributed by atoms with Gasteiger partial charge in [-0.2, -0.15) is 0 Å². The molecule has 0 radical (unpaired) electrons. The van der Waals surface area contributed by atoms with E-state index in [0.29, 0.717) is 38.3 Å². The van der Waals surface area contributed by atoms with Crippen LogP contribution in [-0.4, -0.2) is 41.9 Å². The Morgan fingerprint density at radius 2 is 1.77 bits per heavy atom. The quantitative estimate of drug-likeness (QED) is 0.569. The van der Waals surface area contributed by atoms with Gasteiger partial charge in [-0.15, -0.1) is 0 Å². The van der Waals surface area contributed by atoms with Crippen LogP contribution in [0.5, 0.6) is 0 Å². The summed E-state index contributed by atoms with van der Waals surface area (Å²) in [6, 6.07) is 6.84. The Bertz CT molecular complexity index is 620. The SMILES string of the molecule is O=C(CCCC1CCCCC1)N1CCN(c2ccccc2[N+](=O)[O-])CC1. The summed E-state index contributed by atoms with van der Waals surface area (Å²) in [6.45, 7) is 2.60. The molecular formula is C20H29N3O3. The van der Waals surface area contributed by atoms with Crippen LogP contribution in [0.3, 0.4) is 0 Å². The fourth-order valence-corrected chi connectivity index (χ4v) is 4.26. The maximum Gasteiger partial charge on any atom is 0.292 e. The van der Waals surface area contributed by atoms with Gasteiger partial charge >= 0.3 is 0 Å². The van der Waals surface area contributed by atoms with Gasteiger partial charge in [0.25, 0.3) is 5.69 Å². The van der Waals surface area contributed by atoms with Gasteiger partial charge in [-0.3, -0.25) is 14.9 Å². The largest absolute Gasteiger partial charge is 0.362 e. The maximum absolute atomic E-state index is 12.5. The van der Waals surface area contributed by atoms with E-state index in [9.17, 15) is 14.9 Å². The lowest BCUT2D eigenvalue weighted by molar-refractivity contribution is -0.384. The van der Waals surface area contributed by atoms with Crippen LogP contribution < -0.4 is 4.90 Å². The number of benzene rings is 1. The fraction of sp³-hybridized carbons (Fsp3) is 0.650. The Hall–Kier alpha value is -2.11. The van der Waals surface area contributed by atoms with Crippen LogP contribution in [0.15, 0.2) is 24.3 Å². The van der Waals surface area contributed by atoms with Gasteiger partial charge < -0.3 is 9.80 Å². The van der Waals surface area contributed by atoms with E-state index in [-0.39, 0.29) is 16.5 Å². The van der Waals surface area contributed by atoms with Crippen LogP contribution in [0.1, 0.15) is 51.4 Å². The number of piperazine rings is 1. The molecule has 1 aromatic carbocycles. The number of anilines is 1. The first kappa shape index (κ1) is 18.7. The zero-order valence-corrected chi connectivity index (χ0v) is 15.4. The van der Waals surface area contributed by atoms with Gasteiger partial charge in [0.1, 0.15) is 5.69 Å². The summed E-state index contributed by atoms with van der Waals surface area (Å²) < 4.78 is 0.